The number of hydrogen-bond acceptors (Lipinski definition) is 5. The summed E-state index contributed by atoms with van der Waals surface area (Å²) in [6.45, 7) is 5.25. The summed E-state index contributed by atoms with van der Waals surface area (Å²) >= 11 is 0. The predicted molar refractivity (Wildman–Crippen MR) is 96.7 cm³/mol. The molecule has 3 rings (SSSR count). The summed E-state index contributed by atoms with van der Waals surface area (Å²) < 4.78 is 0. The summed E-state index contributed by atoms with van der Waals surface area (Å²) in [6.07, 6.45) is 4.64. The second-order valence-electron chi connectivity index (χ2n) is 6.96. The second-order valence-corrected chi connectivity index (χ2v) is 6.96. The van der Waals surface area contributed by atoms with E-state index in [1.54, 1.807) is 24.3 Å². The van der Waals surface area contributed by atoms with Gasteiger partial charge < -0.3 is 10.2 Å². The summed E-state index contributed by atoms with van der Waals surface area (Å²) in [5, 5.41) is 13.9. The van der Waals surface area contributed by atoms with Gasteiger partial charge >= 0.3 is 0 Å². The number of carbonyl (C=O) groups is 1. The fraction of sp³-hybridized carbons (Fsp3) is 0.611. The van der Waals surface area contributed by atoms with Gasteiger partial charge in [-0.05, 0) is 31.9 Å². The maximum atomic E-state index is 12.4. The molecule has 136 valence electrons. The highest BCUT2D eigenvalue weighted by molar-refractivity contribution is 5.81. The topological polar surface area (TPSA) is 78.7 Å². The molecule has 7 heteroatoms. The highest BCUT2D eigenvalue weighted by Crippen LogP contribution is 2.22. The number of hydrogen-bond donors (Lipinski definition) is 1. The summed E-state index contributed by atoms with van der Waals surface area (Å²) in [5.41, 5.74) is 1.10. The van der Waals surface area contributed by atoms with Gasteiger partial charge in [0.2, 0.25) is 5.91 Å². The number of non-ortho nitro benzene ring substituents is 1. The van der Waals surface area contributed by atoms with Gasteiger partial charge in [0.05, 0.1) is 11.0 Å². The Morgan fingerprint density at radius 1 is 1.16 bits per heavy atom. The monoisotopic (exact) mass is 346 g/mol. The predicted octanol–water partition coefficient (Wildman–Crippen LogP) is 2.16. The van der Waals surface area contributed by atoms with Crippen LogP contribution in [0.1, 0.15) is 32.6 Å². The van der Waals surface area contributed by atoms with Gasteiger partial charge in [-0.15, -0.1) is 0 Å². The molecule has 1 saturated heterocycles. The number of nitrogens with zero attached hydrogens (tertiary/aromatic N) is 3. The van der Waals surface area contributed by atoms with E-state index in [1.807, 2.05) is 6.92 Å². The molecule has 0 spiro atoms. The molecule has 1 aromatic carbocycles. The molecule has 0 radical (unpaired) electrons. The molecule has 1 saturated carbocycles. The van der Waals surface area contributed by atoms with E-state index in [0.717, 1.165) is 44.7 Å². The van der Waals surface area contributed by atoms with Crippen LogP contribution in [0.4, 0.5) is 11.4 Å². The minimum absolute atomic E-state index is 0.111. The van der Waals surface area contributed by atoms with Gasteiger partial charge in [-0.3, -0.25) is 19.8 Å². The first kappa shape index (κ1) is 17.7. The lowest BCUT2D eigenvalue weighted by atomic mass is 10.1. The first-order valence-electron chi connectivity index (χ1n) is 9.08. The Morgan fingerprint density at radius 3 is 2.32 bits per heavy atom. The molecule has 1 aliphatic heterocycles. The molecule has 1 heterocycles. The third-order valence-corrected chi connectivity index (χ3v) is 5.37. The number of anilines is 1. The van der Waals surface area contributed by atoms with Crippen LogP contribution >= 0.6 is 0 Å². The summed E-state index contributed by atoms with van der Waals surface area (Å²) in [7, 11) is 0. The van der Waals surface area contributed by atoms with Crippen LogP contribution in [0.15, 0.2) is 24.3 Å². The Balaban J connectivity index is 1.50. The number of piperazine rings is 1. The maximum absolute atomic E-state index is 12.4. The van der Waals surface area contributed by atoms with E-state index in [9.17, 15) is 14.9 Å². The van der Waals surface area contributed by atoms with E-state index in [0.29, 0.717) is 6.04 Å². The van der Waals surface area contributed by atoms with Crippen LogP contribution in [-0.4, -0.2) is 54.0 Å². The number of benzene rings is 1. The number of nitrogens with one attached hydrogen (secondary N) is 1. The summed E-state index contributed by atoms with van der Waals surface area (Å²) in [6, 6.07) is 6.92. The lowest BCUT2D eigenvalue weighted by Gasteiger charge is -2.38. The molecule has 1 unspecified atom stereocenters. The standard InChI is InChI=1S/C18H26N4O3/c1-14(18(23)19-15-4-2-3-5-15)20-10-12-21(13-11-20)16-6-8-17(9-7-16)22(24)25/h6-9,14-15H,2-5,10-13H2,1H3,(H,19,23). The molecule has 7 nitrogen and oxygen atoms in total. The van der Waals surface area contributed by atoms with E-state index in [4.69, 9.17) is 0 Å². The maximum Gasteiger partial charge on any atom is 0.269 e. The largest absolute Gasteiger partial charge is 0.369 e. The third-order valence-electron chi connectivity index (χ3n) is 5.37. The smallest absolute Gasteiger partial charge is 0.269 e. The van der Waals surface area contributed by atoms with Gasteiger partial charge in [0, 0.05) is 50.0 Å². The number of rotatable bonds is 5. The Bertz CT molecular complexity index is 605. The lowest BCUT2D eigenvalue weighted by Crippen LogP contribution is -2.54. The van der Waals surface area contributed by atoms with Crippen molar-refractivity contribution < 1.29 is 9.72 Å². The Hall–Kier alpha value is -2.15. The van der Waals surface area contributed by atoms with Crippen molar-refractivity contribution in [1.29, 1.82) is 0 Å². The highest BCUT2D eigenvalue weighted by Gasteiger charge is 2.27. The van der Waals surface area contributed by atoms with E-state index < -0.39 is 0 Å². The van der Waals surface area contributed by atoms with Crippen LogP contribution in [0, 0.1) is 10.1 Å². The lowest BCUT2D eigenvalue weighted by molar-refractivity contribution is -0.384. The Labute approximate surface area is 148 Å². The van der Waals surface area contributed by atoms with Crippen molar-refractivity contribution in [3.63, 3.8) is 0 Å². The van der Waals surface area contributed by atoms with Crippen molar-refractivity contribution in [2.24, 2.45) is 0 Å². The van der Waals surface area contributed by atoms with E-state index >= 15 is 0 Å². The summed E-state index contributed by atoms with van der Waals surface area (Å²) in [4.78, 5) is 27.2. The fourth-order valence-corrected chi connectivity index (χ4v) is 3.71. The molecule has 0 bridgehead atoms. The average Bonchev–Trinajstić information content (AvgIpc) is 3.14. The zero-order chi connectivity index (χ0) is 17.8. The van der Waals surface area contributed by atoms with Crippen molar-refractivity contribution in [3.05, 3.63) is 34.4 Å². The van der Waals surface area contributed by atoms with Crippen LogP contribution in [0.5, 0.6) is 0 Å². The van der Waals surface area contributed by atoms with Crippen molar-refractivity contribution in [1.82, 2.24) is 10.2 Å². The molecule has 1 aromatic rings. The van der Waals surface area contributed by atoms with Gasteiger partial charge in [-0.1, -0.05) is 12.8 Å². The van der Waals surface area contributed by atoms with Gasteiger partial charge in [-0.25, -0.2) is 0 Å². The molecule has 0 aromatic heterocycles. The first-order valence-corrected chi connectivity index (χ1v) is 9.08. The van der Waals surface area contributed by atoms with Crippen LogP contribution in [0.25, 0.3) is 0 Å². The van der Waals surface area contributed by atoms with Gasteiger partial charge in [0.15, 0.2) is 0 Å². The van der Waals surface area contributed by atoms with Crippen LogP contribution in [0.3, 0.4) is 0 Å². The minimum atomic E-state index is -0.383. The molecule has 1 atom stereocenters. The van der Waals surface area contributed by atoms with Crippen molar-refractivity contribution in [2.45, 2.75) is 44.7 Å². The van der Waals surface area contributed by atoms with Crippen LogP contribution in [-0.2, 0) is 4.79 Å². The van der Waals surface area contributed by atoms with Crippen LogP contribution in [0.2, 0.25) is 0 Å². The van der Waals surface area contributed by atoms with E-state index in [-0.39, 0.29) is 22.6 Å². The molecule has 2 aliphatic rings. The zero-order valence-electron chi connectivity index (χ0n) is 14.7. The normalized spacial score (nSPS) is 20.4. The SMILES string of the molecule is CC(C(=O)NC1CCCC1)N1CCN(c2ccc([N+](=O)[O-])cc2)CC1. The fourth-order valence-electron chi connectivity index (χ4n) is 3.71. The Morgan fingerprint density at radius 2 is 1.76 bits per heavy atom. The number of nitro groups is 1. The van der Waals surface area contributed by atoms with Gasteiger partial charge in [0.1, 0.15) is 0 Å². The molecular formula is C18H26N4O3. The van der Waals surface area contributed by atoms with Crippen LogP contribution < -0.4 is 10.2 Å². The highest BCUT2D eigenvalue weighted by atomic mass is 16.6. The molecule has 25 heavy (non-hydrogen) atoms. The van der Waals surface area contributed by atoms with Crippen molar-refractivity contribution in [2.75, 3.05) is 31.1 Å². The number of amides is 1. The molecule has 2 fully saturated rings. The number of nitro benzene ring substituents is 1. The summed E-state index contributed by atoms with van der Waals surface area (Å²) in [5.74, 6) is 0.135. The first-order chi connectivity index (χ1) is 12.0. The number of carbonyl (C=O) groups excluding carboxylic acids is 1. The van der Waals surface area contributed by atoms with E-state index in [1.165, 1.54) is 12.8 Å². The third kappa shape index (κ3) is 4.28. The quantitative estimate of drug-likeness (QED) is 0.653. The van der Waals surface area contributed by atoms with Crippen molar-refractivity contribution in [3.8, 4) is 0 Å². The van der Waals surface area contributed by atoms with Gasteiger partial charge in [-0.2, -0.15) is 0 Å². The molecular weight excluding hydrogens is 320 g/mol. The average molecular weight is 346 g/mol. The van der Waals surface area contributed by atoms with E-state index in [2.05, 4.69) is 15.1 Å². The molecule has 1 N–H and O–H groups in total. The second kappa shape index (κ2) is 7.82. The van der Waals surface area contributed by atoms with Crippen molar-refractivity contribution >= 4 is 17.3 Å². The molecule has 1 amide bonds. The Kier molecular flexibility index (Phi) is 5.53. The minimum Gasteiger partial charge on any atom is -0.369 e. The van der Waals surface area contributed by atoms with Gasteiger partial charge in [0.25, 0.3) is 5.69 Å². The molecule has 1 aliphatic carbocycles. The zero-order valence-corrected chi connectivity index (χ0v) is 14.7.